The monoisotopic (exact) mass is 487 g/mol. The second-order valence-corrected chi connectivity index (χ2v) is 10.6. The average molecular weight is 488 g/mol. The molecule has 7 nitrogen and oxygen atoms in total. The summed E-state index contributed by atoms with van der Waals surface area (Å²) in [4.78, 5) is 11.9. The molecular weight excluding hydrogens is 462 g/mol. The van der Waals surface area contributed by atoms with E-state index in [-0.39, 0.29) is 17.1 Å². The van der Waals surface area contributed by atoms with Gasteiger partial charge < -0.3 is 14.6 Å². The lowest BCUT2D eigenvalue weighted by Gasteiger charge is -2.24. The van der Waals surface area contributed by atoms with Crippen molar-refractivity contribution < 1.29 is 19.4 Å². The van der Waals surface area contributed by atoms with E-state index in [1.807, 2.05) is 41.0 Å². The molecule has 2 atom stereocenters. The first-order valence-corrected chi connectivity index (χ1v) is 11.8. The molecule has 0 fully saturated rings. The fourth-order valence-corrected chi connectivity index (χ4v) is 5.81. The first-order chi connectivity index (χ1) is 15.7. The quantitative estimate of drug-likeness (QED) is 0.502. The van der Waals surface area contributed by atoms with Crippen LogP contribution in [0.2, 0.25) is 5.02 Å². The van der Waals surface area contributed by atoms with Crippen LogP contribution in [-0.4, -0.2) is 40.1 Å². The number of methoxy groups -OCH3 is 2. The van der Waals surface area contributed by atoms with E-state index in [4.69, 9.17) is 21.1 Å². The van der Waals surface area contributed by atoms with Crippen molar-refractivity contribution in [2.75, 3.05) is 14.2 Å². The molecule has 0 saturated carbocycles. The number of nitrogens with zero attached hydrogens (tertiary/aromatic N) is 3. The second kappa shape index (κ2) is 8.91. The summed E-state index contributed by atoms with van der Waals surface area (Å²) in [6, 6.07) is 11.4. The molecule has 4 rings (SSSR count). The predicted octanol–water partition coefficient (Wildman–Crippen LogP) is 5.59. The molecule has 9 heteroatoms. The molecule has 2 aromatic carbocycles. The van der Waals surface area contributed by atoms with E-state index in [0.29, 0.717) is 22.3 Å². The van der Waals surface area contributed by atoms with Gasteiger partial charge >= 0.3 is 5.97 Å². The third-order valence-electron chi connectivity index (χ3n) is 5.54. The lowest BCUT2D eigenvalue weighted by atomic mass is 9.94. The van der Waals surface area contributed by atoms with Crippen molar-refractivity contribution in [1.82, 2.24) is 14.8 Å². The number of aliphatic carboxylic acids is 1. The summed E-state index contributed by atoms with van der Waals surface area (Å²) in [6.07, 6.45) is -0.0998. The number of thioether (sulfide) groups is 1. The topological polar surface area (TPSA) is 86.5 Å². The van der Waals surface area contributed by atoms with Crippen LogP contribution in [0, 0.1) is 0 Å². The van der Waals surface area contributed by atoms with E-state index in [9.17, 15) is 9.90 Å². The maximum atomic E-state index is 11.9. The Balaban J connectivity index is 2.04. The third-order valence-corrected chi connectivity index (χ3v) is 7.26. The van der Waals surface area contributed by atoms with Gasteiger partial charge in [-0.15, -0.1) is 22.0 Å². The normalized spacial score (nSPS) is 17.6. The minimum absolute atomic E-state index is 0.0998. The fraction of sp³-hybridized carbons (Fsp3) is 0.375. The molecule has 1 aliphatic heterocycles. The summed E-state index contributed by atoms with van der Waals surface area (Å²) in [5.41, 5.74) is 2.36. The maximum Gasteiger partial charge on any atom is 0.304 e. The van der Waals surface area contributed by atoms with Gasteiger partial charge in [-0.05, 0) is 29.8 Å². The van der Waals surface area contributed by atoms with Gasteiger partial charge in [-0.25, -0.2) is 0 Å². The van der Waals surface area contributed by atoms with Crippen molar-refractivity contribution in [2.45, 2.75) is 43.1 Å². The Hall–Kier alpha value is -2.71. The van der Waals surface area contributed by atoms with Gasteiger partial charge in [0.2, 0.25) is 0 Å². The van der Waals surface area contributed by atoms with E-state index in [1.165, 1.54) is 11.8 Å². The van der Waals surface area contributed by atoms with Gasteiger partial charge in [0.1, 0.15) is 5.82 Å². The number of fused-ring (bicyclic) bond motifs is 3. The molecule has 174 valence electrons. The maximum absolute atomic E-state index is 11.9. The minimum atomic E-state index is -0.903. The van der Waals surface area contributed by atoms with E-state index in [2.05, 4.69) is 31.0 Å². The molecule has 0 spiro atoms. The highest BCUT2D eigenvalue weighted by atomic mass is 35.5. The van der Waals surface area contributed by atoms with Crippen LogP contribution in [0.15, 0.2) is 36.4 Å². The van der Waals surface area contributed by atoms with Crippen LogP contribution < -0.4 is 9.47 Å². The number of halogens is 1. The Morgan fingerprint density at radius 1 is 1.15 bits per heavy atom. The zero-order chi connectivity index (χ0) is 23.9. The summed E-state index contributed by atoms with van der Waals surface area (Å²) >= 11 is 7.97. The average Bonchev–Trinajstić information content (AvgIpc) is 3.16. The van der Waals surface area contributed by atoms with Crippen molar-refractivity contribution in [3.63, 3.8) is 0 Å². The molecule has 1 aliphatic rings. The number of benzene rings is 2. The van der Waals surface area contributed by atoms with Crippen LogP contribution >= 0.6 is 23.4 Å². The summed E-state index contributed by atoms with van der Waals surface area (Å²) in [5, 5.41) is 18.5. The summed E-state index contributed by atoms with van der Waals surface area (Å²) < 4.78 is 13.3. The SMILES string of the molecule is COc1cccc([C@H]2S[C@H](CC(=O)O)c3nnc(C(C)(C)C)n3-c3ccc(Cl)cc32)c1OC. The number of para-hydroxylation sites is 1. The van der Waals surface area contributed by atoms with E-state index < -0.39 is 11.2 Å². The van der Waals surface area contributed by atoms with Gasteiger partial charge in [0.25, 0.3) is 0 Å². The molecule has 0 radical (unpaired) electrons. The lowest BCUT2D eigenvalue weighted by Crippen LogP contribution is -2.20. The molecule has 0 bridgehead atoms. The molecule has 0 saturated heterocycles. The van der Waals surface area contributed by atoms with Crippen molar-refractivity contribution in [2.24, 2.45) is 0 Å². The molecule has 1 aromatic heterocycles. The first-order valence-electron chi connectivity index (χ1n) is 10.5. The smallest absolute Gasteiger partial charge is 0.304 e. The molecule has 1 N–H and O–H groups in total. The van der Waals surface area contributed by atoms with Crippen molar-refractivity contribution in [3.05, 3.63) is 64.2 Å². The van der Waals surface area contributed by atoms with Crippen LogP contribution in [-0.2, 0) is 10.2 Å². The largest absolute Gasteiger partial charge is 0.493 e. The highest BCUT2D eigenvalue weighted by Crippen LogP contribution is 2.54. The van der Waals surface area contributed by atoms with Crippen LogP contribution in [0.25, 0.3) is 5.69 Å². The van der Waals surface area contributed by atoms with Crippen LogP contribution in [0.1, 0.15) is 60.5 Å². The second-order valence-electron chi connectivity index (χ2n) is 8.86. The molecule has 2 heterocycles. The van der Waals surface area contributed by atoms with Crippen molar-refractivity contribution in [3.8, 4) is 17.2 Å². The van der Waals surface area contributed by atoms with Crippen molar-refractivity contribution in [1.29, 1.82) is 0 Å². The number of ether oxygens (including phenoxy) is 2. The Labute approximate surface area is 202 Å². The van der Waals surface area contributed by atoms with Gasteiger partial charge in [-0.1, -0.05) is 44.5 Å². The van der Waals surface area contributed by atoms with Gasteiger partial charge in [-0.3, -0.25) is 9.36 Å². The number of carboxylic acids is 1. The zero-order valence-electron chi connectivity index (χ0n) is 19.1. The van der Waals surface area contributed by atoms with E-state index in [1.54, 1.807) is 14.2 Å². The summed E-state index contributed by atoms with van der Waals surface area (Å²) in [7, 11) is 3.19. The molecule has 33 heavy (non-hydrogen) atoms. The van der Waals surface area contributed by atoms with Gasteiger partial charge in [0.05, 0.1) is 36.8 Å². The number of aromatic nitrogens is 3. The van der Waals surface area contributed by atoms with E-state index >= 15 is 0 Å². The highest BCUT2D eigenvalue weighted by Gasteiger charge is 2.38. The highest BCUT2D eigenvalue weighted by molar-refractivity contribution is 8.00. The van der Waals surface area contributed by atoms with Crippen LogP contribution in [0.4, 0.5) is 0 Å². The molecule has 3 aromatic rings. The minimum Gasteiger partial charge on any atom is -0.493 e. The molecule has 0 unspecified atom stereocenters. The number of hydrogen-bond donors (Lipinski definition) is 1. The van der Waals surface area contributed by atoms with Gasteiger partial charge in [-0.2, -0.15) is 0 Å². The van der Waals surface area contributed by atoms with Gasteiger partial charge in [0, 0.05) is 16.0 Å². The number of rotatable bonds is 5. The van der Waals surface area contributed by atoms with Crippen molar-refractivity contribution >= 4 is 29.3 Å². The Kier molecular flexibility index (Phi) is 6.33. The number of carboxylic acid groups (broad SMARTS) is 1. The predicted molar refractivity (Wildman–Crippen MR) is 129 cm³/mol. The van der Waals surface area contributed by atoms with Gasteiger partial charge in [0.15, 0.2) is 17.3 Å². The van der Waals surface area contributed by atoms with Crippen LogP contribution in [0.5, 0.6) is 11.5 Å². The standard InChI is InChI=1S/C24H26ClN3O4S/c1-24(2,3)23-27-26-22-18(12-19(29)30)33-21(14-7-6-8-17(31-4)20(14)32-5)15-11-13(25)9-10-16(15)28(22)23/h6-11,18,21H,12H2,1-5H3,(H,29,30)/t18-,21-/m1/s1. The first kappa shape index (κ1) is 23.4. The Morgan fingerprint density at radius 2 is 1.91 bits per heavy atom. The van der Waals surface area contributed by atoms with E-state index in [0.717, 1.165) is 22.6 Å². The molecule has 0 aliphatic carbocycles. The Morgan fingerprint density at radius 3 is 2.55 bits per heavy atom. The molecular formula is C24H26ClN3O4S. The third kappa shape index (κ3) is 4.29. The Bertz CT molecular complexity index is 1200. The summed E-state index contributed by atoms with van der Waals surface area (Å²) in [6.45, 7) is 6.19. The number of hydrogen-bond acceptors (Lipinski definition) is 6. The van der Waals surface area contributed by atoms with Crippen LogP contribution in [0.3, 0.4) is 0 Å². The number of carbonyl (C=O) groups is 1. The lowest BCUT2D eigenvalue weighted by molar-refractivity contribution is -0.137. The summed E-state index contributed by atoms with van der Waals surface area (Å²) in [5.74, 6) is 1.68. The fourth-order valence-electron chi connectivity index (χ4n) is 4.12. The zero-order valence-corrected chi connectivity index (χ0v) is 20.7. The molecule has 0 amide bonds.